The Bertz CT molecular complexity index is 450. The zero-order chi connectivity index (χ0) is 14.4. The molecule has 0 saturated heterocycles. The van der Waals surface area contributed by atoms with Gasteiger partial charge in [-0.05, 0) is 37.8 Å². The Morgan fingerprint density at radius 3 is 3.10 bits per heavy atom. The van der Waals surface area contributed by atoms with Crippen LogP contribution in [0.2, 0.25) is 0 Å². The smallest absolute Gasteiger partial charge is 0.251 e. The fourth-order valence-electron chi connectivity index (χ4n) is 2.55. The fraction of sp³-hybridized carbons (Fsp3) is 0.600. The van der Waals surface area contributed by atoms with E-state index in [1.54, 1.807) is 25.4 Å². The number of nitrogens with zero attached hydrogens (tertiary/aromatic N) is 1. The van der Waals surface area contributed by atoms with Crippen LogP contribution in [0.4, 0.5) is 5.82 Å². The van der Waals surface area contributed by atoms with Gasteiger partial charge in [-0.3, -0.25) is 4.79 Å². The minimum absolute atomic E-state index is 0.0547. The van der Waals surface area contributed by atoms with Gasteiger partial charge in [-0.1, -0.05) is 6.92 Å². The number of hydrogen-bond acceptors (Lipinski definition) is 4. The van der Waals surface area contributed by atoms with E-state index >= 15 is 0 Å². The molecule has 20 heavy (non-hydrogen) atoms. The van der Waals surface area contributed by atoms with Crippen molar-refractivity contribution in [3.8, 4) is 0 Å². The molecule has 0 aliphatic heterocycles. The van der Waals surface area contributed by atoms with E-state index in [2.05, 4.69) is 22.5 Å². The highest BCUT2D eigenvalue weighted by Crippen LogP contribution is 2.22. The molecule has 1 saturated carbocycles. The van der Waals surface area contributed by atoms with Crippen molar-refractivity contribution in [2.24, 2.45) is 0 Å². The van der Waals surface area contributed by atoms with Crippen LogP contribution in [0.3, 0.4) is 0 Å². The van der Waals surface area contributed by atoms with Gasteiger partial charge >= 0.3 is 0 Å². The summed E-state index contributed by atoms with van der Waals surface area (Å²) in [6.45, 7) is 2.95. The molecule has 0 radical (unpaired) electrons. The largest absolute Gasteiger partial charge is 0.379 e. The van der Waals surface area contributed by atoms with Crippen LogP contribution in [-0.2, 0) is 4.74 Å². The van der Waals surface area contributed by atoms with Crippen LogP contribution < -0.4 is 10.6 Å². The van der Waals surface area contributed by atoms with E-state index in [0.29, 0.717) is 5.56 Å². The lowest BCUT2D eigenvalue weighted by Crippen LogP contribution is -2.40. The van der Waals surface area contributed by atoms with Gasteiger partial charge < -0.3 is 15.4 Å². The van der Waals surface area contributed by atoms with Crippen molar-refractivity contribution >= 4 is 11.7 Å². The molecule has 5 nitrogen and oxygen atoms in total. The molecule has 1 fully saturated rings. The topological polar surface area (TPSA) is 63.2 Å². The SMILES string of the molecule is CCCNc1cc(C(=O)NC2CCCC2OC)ccn1. The summed E-state index contributed by atoms with van der Waals surface area (Å²) in [6.07, 6.45) is 5.92. The first-order valence-electron chi connectivity index (χ1n) is 7.28. The van der Waals surface area contributed by atoms with Crippen LogP contribution in [0.25, 0.3) is 0 Å². The lowest BCUT2D eigenvalue weighted by atomic mass is 10.2. The Balaban J connectivity index is 1.98. The summed E-state index contributed by atoms with van der Waals surface area (Å²) in [4.78, 5) is 16.5. The predicted octanol–water partition coefficient (Wildman–Crippen LogP) is 2.20. The second kappa shape index (κ2) is 7.24. The Hall–Kier alpha value is -1.62. The number of aromatic nitrogens is 1. The summed E-state index contributed by atoms with van der Waals surface area (Å²) in [7, 11) is 1.70. The van der Waals surface area contributed by atoms with E-state index < -0.39 is 0 Å². The minimum atomic E-state index is -0.0547. The summed E-state index contributed by atoms with van der Waals surface area (Å²) < 4.78 is 5.40. The summed E-state index contributed by atoms with van der Waals surface area (Å²) in [5.74, 6) is 0.690. The van der Waals surface area contributed by atoms with Crippen LogP contribution in [0, 0.1) is 0 Å². The number of pyridine rings is 1. The molecule has 5 heteroatoms. The first-order valence-corrected chi connectivity index (χ1v) is 7.28. The molecule has 0 aromatic carbocycles. The zero-order valence-corrected chi connectivity index (χ0v) is 12.2. The number of carbonyl (C=O) groups is 1. The average Bonchev–Trinajstić information content (AvgIpc) is 2.92. The van der Waals surface area contributed by atoms with E-state index in [9.17, 15) is 4.79 Å². The lowest BCUT2D eigenvalue weighted by molar-refractivity contribution is 0.0722. The van der Waals surface area contributed by atoms with Crippen molar-refractivity contribution in [2.45, 2.75) is 44.8 Å². The maximum atomic E-state index is 12.3. The standard InChI is InChI=1S/C15H23N3O2/c1-3-8-16-14-10-11(7-9-17-14)15(19)18-12-5-4-6-13(12)20-2/h7,9-10,12-13H,3-6,8H2,1-2H3,(H,16,17)(H,18,19). The van der Waals surface area contributed by atoms with Gasteiger partial charge in [-0.2, -0.15) is 0 Å². The normalized spacial score (nSPS) is 21.7. The Morgan fingerprint density at radius 1 is 1.50 bits per heavy atom. The molecule has 0 spiro atoms. The third kappa shape index (κ3) is 3.70. The van der Waals surface area contributed by atoms with Crippen molar-refractivity contribution in [1.82, 2.24) is 10.3 Å². The number of methoxy groups -OCH3 is 1. The molecule has 110 valence electrons. The third-order valence-corrected chi connectivity index (χ3v) is 3.65. The Labute approximate surface area is 120 Å². The molecule has 1 aromatic heterocycles. The summed E-state index contributed by atoms with van der Waals surface area (Å²) in [5, 5.41) is 6.25. The van der Waals surface area contributed by atoms with Gasteiger partial charge in [0.1, 0.15) is 5.82 Å². The number of nitrogens with one attached hydrogen (secondary N) is 2. The Morgan fingerprint density at radius 2 is 2.35 bits per heavy atom. The highest BCUT2D eigenvalue weighted by atomic mass is 16.5. The zero-order valence-electron chi connectivity index (χ0n) is 12.2. The predicted molar refractivity (Wildman–Crippen MR) is 78.9 cm³/mol. The van der Waals surface area contributed by atoms with Gasteiger partial charge in [0.2, 0.25) is 0 Å². The van der Waals surface area contributed by atoms with E-state index in [1.807, 2.05) is 0 Å². The number of amides is 1. The molecule has 1 amide bonds. The van der Waals surface area contributed by atoms with Crippen molar-refractivity contribution in [3.63, 3.8) is 0 Å². The van der Waals surface area contributed by atoms with Gasteiger partial charge in [-0.25, -0.2) is 4.98 Å². The minimum Gasteiger partial charge on any atom is -0.379 e. The quantitative estimate of drug-likeness (QED) is 0.836. The first kappa shape index (κ1) is 14.8. The lowest BCUT2D eigenvalue weighted by Gasteiger charge is -2.19. The van der Waals surface area contributed by atoms with Crippen LogP contribution in [0.15, 0.2) is 18.3 Å². The first-order chi connectivity index (χ1) is 9.74. The van der Waals surface area contributed by atoms with E-state index in [4.69, 9.17) is 4.74 Å². The molecule has 2 N–H and O–H groups in total. The average molecular weight is 277 g/mol. The number of rotatable bonds is 6. The second-order valence-electron chi connectivity index (χ2n) is 5.14. The molecule has 2 atom stereocenters. The van der Waals surface area contributed by atoms with E-state index in [-0.39, 0.29) is 18.1 Å². The monoisotopic (exact) mass is 277 g/mol. The van der Waals surface area contributed by atoms with Gasteiger partial charge in [0.25, 0.3) is 5.91 Å². The van der Waals surface area contributed by atoms with Crippen LogP contribution in [-0.4, -0.2) is 36.7 Å². The van der Waals surface area contributed by atoms with Crippen molar-refractivity contribution in [1.29, 1.82) is 0 Å². The van der Waals surface area contributed by atoms with E-state index in [0.717, 1.165) is 38.0 Å². The number of hydrogen-bond donors (Lipinski definition) is 2. The van der Waals surface area contributed by atoms with Gasteiger partial charge in [-0.15, -0.1) is 0 Å². The van der Waals surface area contributed by atoms with Gasteiger partial charge in [0.05, 0.1) is 12.1 Å². The van der Waals surface area contributed by atoms with Gasteiger partial charge in [0.15, 0.2) is 0 Å². The summed E-state index contributed by atoms with van der Waals surface area (Å²) in [5.41, 5.74) is 0.639. The number of carbonyl (C=O) groups excluding carboxylic acids is 1. The molecular weight excluding hydrogens is 254 g/mol. The molecule has 1 aliphatic carbocycles. The maximum Gasteiger partial charge on any atom is 0.251 e. The van der Waals surface area contributed by atoms with Gasteiger partial charge in [0, 0.05) is 25.4 Å². The molecule has 1 aliphatic rings. The molecule has 2 unspecified atom stereocenters. The van der Waals surface area contributed by atoms with Crippen molar-refractivity contribution in [3.05, 3.63) is 23.9 Å². The fourth-order valence-corrected chi connectivity index (χ4v) is 2.55. The van der Waals surface area contributed by atoms with Crippen LogP contribution in [0.1, 0.15) is 43.0 Å². The summed E-state index contributed by atoms with van der Waals surface area (Å²) >= 11 is 0. The number of anilines is 1. The van der Waals surface area contributed by atoms with Crippen molar-refractivity contribution in [2.75, 3.05) is 19.0 Å². The van der Waals surface area contributed by atoms with Crippen molar-refractivity contribution < 1.29 is 9.53 Å². The van der Waals surface area contributed by atoms with Crippen LogP contribution in [0.5, 0.6) is 0 Å². The third-order valence-electron chi connectivity index (χ3n) is 3.65. The summed E-state index contributed by atoms with van der Waals surface area (Å²) in [6, 6.07) is 3.65. The maximum absolute atomic E-state index is 12.3. The second-order valence-corrected chi connectivity index (χ2v) is 5.14. The molecule has 2 rings (SSSR count). The Kier molecular flexibility index (Phi) is 5.35. The molecular formula is C15H23N3O2. The van der Waals surface area contributed by atoms with E-state index in [1.165, 1.54) is 0 Å². The molecule has 1 heterocycles. The highest BCUT2D eigenvalue weighted by Gasteiger charge is 2.28. The highest BCUT2D eigenvalue weighted by molar-refractivity contribution is 5.95. The van der Waals surface area contributed by atoms with Crippen LogP contribution >= 0.6 is 0 Å². The molecule has 1 aromatic rings. The number of ether oxygens (including phenoxy) is 1. The molecule has 0 bridgehead atoms.